The number of hydrogen-bond donors (Lipinski definition) is 2. The standard InChI is InChI=1S/C27H26N2O4S/c1-19-15-16-25(33-2)26(17-19)34(31,32)29-24(18-20-9-4-3-5-10-20)27(30)28-23-14-8-12-21-11-6-7-13-22(21)23/h3-17,24,29H,18H2,1-2H3,(H,28,30)/t24-/m1/s1. The number of carbonyl (C=O) groups excluding carboxylic acids is 1. The summed E-state index contributed by atoms with van der Waals surface area (Å²) in [6, 6.07) is 26.5. The highest BCUT2D eigenvalue weighted by atomic mass is 32.2. The largest absolute Gasteiger partial charge is 0.495 e. The Morgan fingerprint density at radius 1 is 0.912 bits per heavy atom. The summed E-state index contributed by atoms with van der Waals surface area (Å²) in [5.74, 6) is -0.235. The molecule has 4 aromatic rings. The van der Waals surface area contributed by atoms with Gasteiger partial charge in [0.1, 0.15) is 16.7 Å². The third kappa shape index (κ3) is 5.27. The van der Waals surface area contributed by atoms with Crippen molar-refractivity contribution in [3.05, 3.63) is 102 Å². The van der Waals surface area contributed by atoms with Crippen LogP contribution in [-0.4, -0.2) is 27.5 Å². The molecule has 34 heavy (non-hydrogen) atoms. The van der Waals surface area contributed by atoms with Gasteiger partial charge in [-0.2, -0.15) is 4.72 Å². The normalized spacial score (nSPS) is 12.3. The minimum absolute atomic E-state index is 0.00831. The van der Waals surface area contributed by atoms with Gasteiger partial charge in [-0.15, -0.1) is 0 Å². The van der Waals surface area contributed by atoms with Crippen molar-refractivity contribution < 1.29 is 17.9 Å². The average molecular weight is 475 g/mol. The van der Waals surface area contributed by atoms with E-state index in [-0.39, 0.29) is 17.1 Å². The van der Waals surface area contributed by atoms with Crippen LogP contribution in [0.2, 0.25) is 0 Å². The highest BCUT2D eigenvalue weighted by Crippen LogP contribution is 2.26. The zero-order valence-corrected chi connectivity index (χ0v) is 19.8. The van der Waals surface area contributed by atoms with Crippen molar-refractivity contribution in [2.24, 2.45) is 0 Å². The topological polar surface area (TPSA) is 84.5 Å². The van der Waals surface area contributed by atoms with E-state index in [1.807, 2.05) is 66.7 Å². The Balaban J connectivity index is 1.68. The van der Waals surface area contributed by atoms with Crippen LogP contribution in [-0.2, 0) is 21.2 Å². The van der Waals surface area contributed by atoms with E-state index in [0.717, 1.165) is 21.9 Å². The van der Waals surface area contributed by atoms with Crippen LogP contribution in [0.15, 0.2) is 95.9 Å². The number of anilines is 1. The van der Waals surface area contributed by atoms with Gasteiger partial charge in [0.05, 0.1) is 7.11 Å². The third-order valence-corrected chi connectivity index (χ3v) is 7.05. The van der Waals surface area contributed by atoms with Gasteiger partial charge in [0.2, 0.25) is 15.9 Å². The first kappa shape index (κ1) is 23.5. The predicted octanol–water partition coefficient (Wildman–Crippen LogP) is 4.69. The molecule has 0 aliphatic heterocycles. The summed E-state index contributed by atoms with van der Waals surface area (Å²) in [5, 5.41) is 4.77. The monoisotopic (exact) mass is 474 g/mol. The van der Waals surface area contributed by atoms with Crippen molar-refractivity contribution >= 4 is 32.4 Å². The summed E-state index contributed by atoms with van der Waals surface area (Å²) in [5.41, 5.74) is 2.22. The lowest BCUT2D eigenvalue weighted by Gasteiger charge is -2.20. The van der Waals surface area contributed by atoms with Gasteiger partial charge in [-0.05, 0) is 48.1 Å². The molecule has 0 heterocycles. The van der Waals surface area contributed by atoms with Crippen molar-refractivity contribution in [2.45, 2.75) is 24.3 Å². The molecule has 1 atom stereocenters. The summed E-state index contributed by atoms with van der Waals surface area (Å²) in [7, 11) is -2.65. The number of rotatable bonds is 8. The van der Waals surface area contributed by atoms with E-state index >= 15 is 0 Å². The maximum atomic E-state index is 13.4. The Hall–Kier alpha value is -3.68. The molecule has 0 unspecified atom stereocenters. The van der Waals surface area contributed by atoms with Gasteiger partial charge in [-0.25, -0.2) is 8.42 Å². The quantitative estimate of drug-likeness (QED) is 0.388. The number of fused-ring (bicyclic) bond motifs is 1. The Labute approximate surface area is 199 Å². The van der Waals surface area contributed by atoms with Gasteiger partial charge in [-0.3, -0.25) is 4.79 Å². The Morgan fingerprint density at radius 2 is 1.62 bits per heavy atom. The summed E-state index contributed by atoms with van der Waals surface area (Å²) in [4.78, 5) is 13.4. The fourth-order valence-electron chi connectivity index (χ4n) is 3.84. The average Bonchev–Trinajstić information content (AvgIpc) is 2.84. The molecule has 0 bridgehead atoms. The minimum atomic E-state index is -4.06. The number of methoxy groups -OCH3 is 1. The summed E-state index contributed by atoms with van der Waals surface area (Å²) >= 11 is 0. The molecule has 0 aromatic heterocycles. The maximum Gasteiger partial charge on any atom is 0.245 e. The molecule has 0 fully saturated rings. The fourth-order valence-corrected chi connectivity index (χ4v) is 5.29. The first-order valence-corrected chi connectivity index (χ1v) is 12.4. The van der Waals surface area contributed by atoms with Crippen molar-refractivity contribution in [1.29, 1.82) is 0 Å². The molecule has 4 rings (SSSR count). The minimum Gasteiger partial charge on any atom is -0.495 e. The zero-order chi connectivity index (χ0) is 24.1. The van der Waals surface area contributed by atoms with Crippen LogP contribution < -0.4 is 14.8 Å². The molecule has 0 saturated carbocycles. The van der Waals surface area contributed by atoms with Gasteiger partial charge < -0.3 is 10.1 Å². The van der Waals surface area contributed by atoms with Crippen molar-refractivity contribution in [3.63, 3.8) is 0 Å². The molecule has 174 valence electrons. The third-order valence-electron chi connectivity index (χ3n) is 5.55. The lowest BCUT2D eigenvalue weighted by Crippen LogP contribution is -2.45. The number of ether oxygens (including phenoxy) is 1. The van der Waals surface area contributed by atoms with Crippen LogP contribution in [0.5, 0.6) is 5.75 Å². The maximum absolute atomic E-state index is 13.4. The first-order valence-electron chi connectivity index (χ1n) is 10.9. The second kappa shape index (κ2) is 10.1. The predicted molar refractivity (Wildman–Crippen MR) is 135 cm³/mol. The van der Waals surface area contributed by atoms with Crippen molar-refractivity contribution in [1.82, 2.24) is 4.72 Å². The van der Waals surface area contributed by atoms with Crippen LogP contribution in [0.25, 0.3) is 10.8 Å². The lowest BCUT2D eigenvalue weighted by atomic mass is 10.1. The molecule has 0 saturated heterocycles. The Kier molecular flexibility index (Phi) is 6.95. The summed E-state index contributed by atoms with van der Waals surface area (Å²) in [6.45, 7) is 1.80. The van der Waals surface area contributed by atoms with Crippen LogP contribution in [0.1, 0.15) is 11.1 Å². The van der Waals surface area contributed by atoms with E-state index in [9.17, 15) is 13.2 Å². The Bertz CT molecular complexity index is 1410. The van der Waals surface area contributed by atoms with E-state index in [4.69, 9.17) is 4.74 Å². The van der Waals surface area contributed by atoms with Gasteiger partial charge >= 0.3 is 0 Å². The summed E-state index contributed by atoms with van der Waals surface area (Å²) < 4.78 is 34.6. The number of nitrogens with one attached hydrogen (secondary N) is 2. The van der Waals surface area contributed by atoms with Gasteiger partial charge in [-0.1, -0.05) is 72.8 Å². The molecule has 1 amide bonds. The van der Waals surface area contributed by atoms with Gasteiger partial charge in [0.25, 0.3) is 0 Å². The number of hydrogen-bond acceptors (Lipinski definition) is 4. The second-order valence-electron chi connectivity index (χ2n) is 8.03. The Morgan fingerprint density at radius 3 is 2.38 bits per heavy atom. The van der Waals surface area contributed by atoms with Crippen LogP contribution in [0, 0.1) is 6.92 Å². The van der Waals surface area contributed by atoms with E-state index in [0.29, 0.717) is 5.69 Å². The molecule has 7 heteroatoms. The van der Waals surface area contributed by atoms with E-state index in [2.05, 4.69) is 10.0 Å². The van der Waals surface area contributed by atoms with Crippen LogP contribution in [0.4, 0.5) is 5.69 Å². The summed E-state index contributed by atoms with van der Waals surface area (Å²) in [6.07, 6.45) is 0.185. The first-order chi connectivity index (χ1) is 16.4. The van der Waals surface area contributed by atoms with E-state index in [1.54, 1.807) is 25.1 Å². The molecular weight excluding hydrogens is 448 g/mol. The molecule has 2 N–H and O–H groups in total. The molecule has 0 radical (unpaired) electrons. The number of benzene rings is 4. The lowest BCUT2D eigenvalue weighted by molar-refractivity contribution is -0.117. The molecule has 6 nitrogen and oxygen atoms in total. The fraction of sp³-hybridized carbons (Fsp3) is 0.148. The number of aryl methyl sites for hydroxylation is 1. The van der Waals surface area contributed by atoms with Crippen molar-refractivity contribution in [3.8, 4) is 5.75 Å². The number of amides is 1. The van der Waals surface area contributed by atoms with E-state index in [1.165, 1.54) is 13.2 Å². The molecular formula is C27H26N2O4S. The highest BCUT2D eigenvalue weighted by Gasteiger charge is 2.28. The van der Waals surface area contributed by atoms with Gasteiger partial charge in [0.15, 0.2) is 0 Å². The molecule has 0 aliphatic carbocycles. The molecule has 0 aliphatic rings. The van der Waals surface area contributed by atoms with Crippen molar-refractivity contribution in [2.75, 3.05) is 12.4 Å². The molecule has 4 aromatic carbocycles. The van der Waals surface area contributed by atoms with Crippen LogP contribution >= 0.6 is 0 Å². The number of sulfonamides is 1. The molecule has 0 spiro atoms. The number of carbonyl (C=O) groups is 1. The highest BCUT2D eigenvalue weighted by molar-refractivity contribution is 7.89. The van der Waals surface area contributed by atoms with E-state index < -0.39 is 22.0 Å². The zero-order valence-electron chi connectivity index (χ0n) is 19.0. The van der Waals surface area contributed by atoms with Gasteiger partial charge in [0, 0.05) is 11.1 Å². The second-order valence-corrected chi connectivity index (χ2v) is 9.72. The van der Waals surface area contributed by atoms with Crippen LogP contribution in [0.3, 0.4) is 0 Å². The SMILES string of the molecule is COc1ccc(C)cc1S(=O)(=O)N[C@H](Cc1ccccc1)C(=O)Nc1cccc2ccccc12. The smallest absolute Gasteiger partial charge is 0.245 e.